The highest BCUT2D eigenvalue weighted by Gasteiger charge is 2.43. The summed E-state index contributed by atoms with van der Waals surface area (Å²) in [5.74, 6) is -1.46. The Kier molecular flexibility index (Phi) is 4.43. The van der Waals surface area contributed by atoms with E-state index in [1.807, 2.05) is 56.3 Å². The third-order valence-electron chi connectivity index (χ3n) is 5.05. The van der Waals surface area contributed by atoms with E-state index in [-0.39, 0.29) is 11.8 Å². The minimum atomic E-state index is -0.897. The summed E-state index contributed by atoms with van der Waals surface area (Å²) in [6.07, 6.45) is 0. The second-order valence-electron chi connectivity index (χ2n) is 7.23. The Labute approximate surface area is 163 Å². The maximum absolute atomic E-state index is 13.2. The van der Waals surface area contributed by atoms with Crippen LogP contribution < -0.4 is 5.32 Å². The Balaban J connectivity index is 1.68. The van der Waals surface area contributed by atoms with Gasteiger partial charge < -0.3 is 5.32 Å². The lowest BCUT2D eigenvalue weighted by atomic mass is 10.0. The highest BCUT2D eigenvalue weighted by molar-refractivity contribution is 6.23. The van der Waals surface area contributed by atoms with E-state index in [0.29, 0.717) is 16.8 Å². The first-order valence-electron chi connectivity index (χ1n) is 9.24. The zero-order valence-corrected chi connectivity index (χ0v) is 15.7. The zero-order chi connectivity index (χ0) is 19.8. The Morgan fingerprint density at radius 2 is 1.39 bits per heavy atom. The van der Waals surface area contributed by atoms with E-state index < -0.39 is 17.9 Å². The Hall–Kier alpha value is -3.47. The smallest absolute Gasteiger partial charge is 0.262 e. The summed E-state index contributed by atoms with van der Waals surface area (Å²) in [4.78, 5) is 40.0. The van der Waals surface area contributed by atoms with Crippen LogP contribution in [0.15, 0.2) is 66.7 Å². The summed E-state index contributed by atoms with van der Waals surface area (Å²) in [7, 11) is 0. The molecule has 0 aromatic heterocycles. The van der Waals surface area contributed by atoms with E-state index in [1.54, 1.807) is 24.3 Å². The van der Waals surface area contributed by atoms with E-state index >= 15 is 0 Å². The molecule has 0 saturated carbocycles. The Morgan fingerprint density at radius 3 is 2.04 bits per heavy atom. The fraction of sp³-hybridized carbons (Fsp3) is 0.174. The van der Waals surface area contributed by atoms with E-state index in [2.05, 4.69) is 5.32 Å². The maximum atomic E-state index is 13.2. The van der Waals surface area contributed by atoms with Gasteiger partial charge in [0.25, 0.3) is 11.8 Å². The number of imide groups is 1. The van der Waals surface area contributed by atoms with Gasteiger partial charge in [0.05, 0.1) is 11.1 Å². The lowest BCUT2D eigenvalue weighted by molar-refractivity contribution is -0.121. The van der Waals surface area contributed by atoms with E-state index in [4.69, 9.17) is 0 Å². The van der Waals surface area contributed by atoms with Crippen molar-refractivity contribution in [3.8, 4) is 0 Å². The SMILES string of the molecule is CC(C)[C@@H](C(=O)Nc1cccc2ccccc12)N1C(=O)c2ccccc2C1=O. The Bertz CT molecular complexity index is 1060. The number of nitrogens with one attached hydrogen (secondary N) is 1. The van der Waals surface area contributed by atoms with Crippen LogP contribution in [0.25, 0.3) is 10.8 Å². The van der Waals surface area contributed by atoms with Crippen LogP contribution in [0.5, 0.6) is 0 Å². The summed E-state index contributed by atoms with van der Waals surface area (Å²) in [6, 6.07) is 19.2. The first-order chi connectivity index (χ1) is 13.5. The monoisotopic (exact) mass is 372 g/mol. The van der Waals surface area contributed by atoms with Gasteiger partial charge in [-0.15, -0.1) is 0 Å². The number of fused-ring (bicyclic) bond motifs is 2. The van der Waals surface area contributed by atoms with E-state index in [9.17, 15) is 14.4 Å². The molecule has 5 nitrogen and oxygen atoms in total. The quantitative estimate of drug-likeness (QED) is 0.701. The number of carbonyl (C=O) groups is 3. The molecule has 0 spiro atoms. The summed E-state index contributed by atoms with van der Waals surface area (Å²) >= 11 is 0. The van der Waals surface area contributed by atoms with Crippen LogP contribution in [0.3, 0.4) is 0 Å². The molecule has 0 fully saturated rings. The van der Waals surface area contributed by atoms with E-state index in [0.717, 1.165) is 15.7 Å². The van der Waals surface area contributed by atoms with Crippen molar-refractivity contribution in [3.63, 3.8) is 0 Å². The second-order valence-corrected chi connectivity index (χ2v) is 7.23. The third-order valence-corrected chi connectivity index (χ3v) is 5.05. The number of nitrogens with zero attached hydrogens (tertiary/aromatic N) is 1. The fourth-order valence-electron chi connectivity index (χ4n) is 3.72. The molecular formula is C23H20N2O3. The van der Waals surface area contributed by atoms with Crippen molar-refractivity contribution in [1.29, 1.82) is 0 Å². The number of anilines is 1. The number of hydrogen-bond donors (Lipinski definition) is 1. The van der Waals surface area contributed by atoms with Crippen LogP contribution in [-0.4, -0.2) is 28.7 Å². The van der Waals surface area contributed by atoms with Gasteiger partial charge in [0.1, 0.15) is 6.04 Å². The molecule has 1 aliphatic heterocycles. The van der Waals surface area contributed by atoms with Gasteiger partial charge >= 0.3 is 0 Å². The van der Waals surface area contributed by atoms with Crippen LogP contribution in [-0.2, 0) is 4.79 Å². The second kappa shape index (κ2) is 6.93. The molecule has 3 amide bonds. The Morgan fingerprint density at radius 1 is 0.821 bits per heavy atom. The van der Waals surface area contributed by atoms with Gasteiger partial charge in [-0.25, -0.2) is 0 Å². The fourth-order valence-corrected chi connectivity index (χ4v) is 3.72. The molecule has 3 aromatic carbocycles. The van der Waals surface area contributed by atoms with Gasteiger partial charge in [-0.1, -0.05) is 62.4 Å². The van der Waals surface area contributed by atoms with Crippen LogP contribution in [0.1, 0.15) is 34.6 Å². The summed E-state index contributed by atoms with van der Waals surface area (Å²) in [5, 5.41) is 4.83. The van der Waals surface area contributed by atoms with Crippen LogP contribution >= 0.6 is 0 Å². The van der Waals surface area contributed by atoms with Gasteiger partial charge in [-0.3, -0.25) is 19.3 Å². The molecule has 5 heteroatoms. The predicted octanol–water partition coefficient (Wildman–Crippen LogP) is 4.10. The number of amides is 3. The zero-order valence-electron chi connectivity index (χ0n) is 15.7. The van der Waals surface area contributed by atoms with Gasteiger partial charge in [-0.05, 0) is 29.5 Å². The molecule has 1 aliphatic rings. The first kappa shape index (κ1) is 17.9. The first-order valence-corrected chi connectivity index (χ1v) is 9.24. The molecule has 0 saturated heterocycles. The van der Waals surface area contributed by atoms with Crippen molar-refractivity contribution >= 4 is 34.2 Å². The molecule has 1 atom stereocenters. The summed E-state index contributed by atoms with van der Waals surface area (Å²) < 4.78 is 0. The highest BCUT2D eigenvalue weighted by atomic mass is 16.2. The average molecular weight is 372 g/mol. The molecule has 0 radical (unpaired) electrons. The largest absolute Gasteiger partial charge is 0.324 e. The third kappa shape index (κ3) is 2.85. The lowest BCUT2D eigenvalue weighted by Crippen LogP contribution is -2.50. The van der Waals surface area contributed by atoms with Crippen LogP contribution in [0.2, 0.25) is 0 Å². The predicted molar refractivity (Wildman–Crippen MR) is 108 cm³/mol. The molecule has 0 bridgehead atoms. The molecule has 140 valence electrons. The number of rotatable bonds is 4. The minimum Gasteiger partial charge on any atom is -0.324 e. The number of benzene rings is 3. The minimum absolute atomic E-state index is 0.239. The van der Waals surface area contributed by atoms with Gasteiger partial charge in [-0.2, -0.15) is 0 Å². The maximum Gasteiger partial charge on any atom is 0.262 e. The molecule has 3 aromatic rings. The van der Waals surface area contributed by atoms with E-state index in [1.165, 1.54) is 0 Å². The molecular weight excluding hydrogens is 352 g/mol. The van der Waals surface area contributed by atoms with Gasteiger partial charge in [0, 0.05) is 11.1 Å². The molecule has 28 heavy (non-hydrogen) atoms. The number of carbonyl (C=O) groups excluding carboxylic acids is 3. The van der Waals surface area contributed by atoms with Gasteiger partial charge in [0.15, 0.2) is 0 Å². The van der Waals surface area contributed by atoms with Crippen molar-refractivity contribution in [2.75, 3.05) is 5.32 Å². The molecule has 1 N–H and O–H groups in total. The number of hydrogen-bond acceptors (Lipinski definition) is 3. The van der Waals surface area contributed by atoms with Crippen molar-refractivity contribution < 1.29 is 14.4 Å². The highest BCUT2D eigenvalue weighted by Crippen LogP contribution is 2.29. The summed E-state index contributed by atoms with van der Waals surface area (Å²) in [6.45, 7) is 3.66. The molecule has 1 heterocycles. The van der Waals surface area contributed by atoms with Crippen molar-refractivity contribution in [3.05, 3.63) is 77.9 Å². The van der Waals surface area contributed by atoms with Crippen molar-refractivity contribution in [2.45, 2.75) is 19.9 Å². The van der Waals surface area contributed by atoms with Crippen LogP contribution in [0.4, 0.5) is 5.69 Å². The molecule has 0 aliphatic carbocycles. The van der Waals surface area contributed by atoms with Crippen molar-refractivity contribution in [2.24, 2.45) is 5.92 Å². The van der Waals surface area contributed by atoms with Crippen LogP contribution in [0, 0.1) is 5.92 Å². The normalized spacial score (nSPS) is 14.5. The topological polar surface area (TPSA) is 66.5 Å². The van der Waals surface area contributed by atoms with Crippen molar-refractivity contribution in [1.82, 2.24) is 4.90 Å². The molecule has 0 unspecified atom stereocenters. The average Bonchev–Trinajstić information content (AvgIpc) is 2.94. The lowest BCUT2D eigenvalue weighted by Gasteiger charge is -2.28. The standard InChI is InChI=1S/C23H20N2O3/c1-14(2)20(25-22(27)17-11-5-6-12-18(17)23(25)28)21(26)24-19-13-7-9-15-8-3-4-10-16(15)19/h3-14,20H,1-2H3,(H,24,26)/t20-/m0/s1. The van der Waals surface area contributed by atoms with Gasteiger partial charge in [0.2, 0.25) is 5.91 Å². The summed E-state index contributed by atoms with van der Waals surface area (Å²) in [5.41, 5.74) is 1.34. The molecule has 4 rings (SSSR count).